The van der Waals surface area contributed by atoms with Crippen molar-refractivity contribution in [3.8, 4) is 0 Å². The molecule has 2 aromatic heterocycles. The van der Waals surface area contributed by atoms with Gasteiger partial charge in [-0.2, -0.15) is 0 Å². The minimum Gasteiger partial charge on any atom is -0.325 e. The van der Waals surface area contributed by atoms with Crippen LogP contribution in [0.2, 0.25) is 5.02 Å². The lowest BCUT2D eigenvalue weighted by Gasteiger charge is -2.13. The third-order valence-electron chi connectivity index (χ3n) is 5.01. The summed E-state index contributed by atoms with van der Waals surface area (Å²) in [5, 5.41) is 2.56. The van der Waals surface area contributed by atoms with E-state index >= 15 is 0 Å². The molecule has 164 valence electrons. The van der Waals surface area contributed by atoms with Crippen LogP contribution >= 0.6 is 11.6 Å². The number of hydrogen-bond acceptors (Lipinski definition) is 4. The molecule has 0 radical (unpaired) electrons. The van der Waals surface area contributed by atoms with Crippen LogP contribution in [0, 0.1) is 5.82 Å². The number of aromatic nitrogens is 4. The number of aryl methyl sites for hydroxylation is 1. The lowest BCUT2D eigenvalue weighted by atomic mass is 10.2. The third-order valence-corrected chi connectivity index (χ3v) is 5.25. The smallest absolute Gasteiger partial charge is 0.325 e. The molecule has 0 saturated carbocycles. The van der Waals surface area contributed by atoms with Crippen molar-refractivity contribution in [2.45, 2.75) is 26.6 Å². The highest BCUT2D eigenvalue weighted by Gasteiger charge is 2.20. The number of anilines is 1. The first-order chi connectivity index (χ1) is 15.4. The summed E-state index contributed by atoms with van der Waals surface area (Å²) < 4.78 is 17.8. The highest BCUT2D eigenvalue weighted by Crippen LogP contribution is 2.18. The van der Waals surface area contributed by atoms with Gasteiger partial charge >= 0.3 is 5.69 Å². The summed E-state index contributed by atoms with van der Waals surface area (Å²) in [5.41, 5.74) is -0.129. The van der Waals surface area contributed by atoms with E-state index in [1.165, 1.54) is 23.0 Å². The summed E-state index contributed by atoms with van der Waals surface area (Å²) in [7, 11) is 0. The van der Waals surface area contributed by atoms with Crippen molar-refractivity contribution in [2.24, 2.45) is 0 Å². The normalized spacial score (nSPS) is 11.1. The molecule has 0 spiro atoms. The fourth-order valence-electron chi connectivity index (χ4n) is 3.45. The molecule has 0 aliphatic rings. The quantitative estimate of drug-likeness (QED) is 0.484. The van der Waals surface area contributed by atoms with Gasteiger partial charge in [0.05, 0.1) is 18.6 Å². The molecule has 2 aromatic carbocycles. The van der Waals surface area contributed by atoms with E-state index in [1.807, 2.05) is 37.3 Å². The largest absolute Gasteiger partial charge is 0.333 e. The van der Waals surface area contributed by atoms with Crippen molar-refractivity contribution in [1.82, 2.24) is 18.7 Å². The second kappa shape index (κ2) is 8.80. The molecular weight excluding hydrogens is 437 g/mol. The molecule has 0 saturated heterocycles. The van der Waals surface area contributed by atoms with Gasteiger partial charge in [0.2, 0.25) is 5.91 Å². The van der Waals surface area contributed by atoms with Gasteiger partial charge in [-0.25, -0.2) is 18.7 Å². The van der Waals surface area contributed by atoms with E-state index in [2.05, 4.69) is 10.3 Å². The fraction of sp³-hybridized carbons (Fsp3) is 0.182. The molecule has 0 fully saturated rings. The zero-order valence-electron chi connectivity index (χ0n) is 17.1. The molecule has 0 bridgehead atoms. The molecule has 2 heterocycles. The molecule has 1 amide bonds. The van der Waals surface area contributed by atoms with Crippen molar-refractivity contribution in [3.63, 3.8) is 0 Å². The Morgan fingerprint density at radius 3 is 2.56 bits per heavy atom. The first kappa shape index (κ1) is 21.5. The van der Waals surface area contributed by atoms with Crippen molar-refractivity contribution < 1.29 is 9.18 Å². The molecule has 0 aliphatic carbocycles. The summed E-state index contributed by atoms with van der Waals surface area (Å²) in [6.07, 6.45) is 1.49. The van der Waals surface area contributed by atoms with E-state index < -0.39 is 29.5 Å². The average molecular weight is 456 g/mol. The summed E-state index contributed by atoms with van der Waals surface area (Å²) in [5.74, 6) is -1.45. The van der Waals surface area contributed by atoms with Gasteiger partial charge in [0.1, 0.15) is 12.4 Å². The molecule has 0 atom stereocenters. The molecule has 0 aliphatic heterocycles. The van der Waals surface area contributed by atoms with Gasteiger partial charge < -0.3 is 9.88 Å². The summed E-state index contributed by atoms with van der Waals surface area (Å²) >= 11 is 5.73. The minimum absolute atomic E-state index is 0.100. The number of carbonyl (C=O) groups is 1. The van der Waals surface area contributed by atoms with Gasteiger partial charge in [-0.1, -0.05) is 41.9 Å². The third kappa shape index (κ3) is 4.06. The van der Waals surface area contributed by atoms with Gasteiger partial charge in [0, 0.05) is 11.6 Å². The maximum absolute atomic E-state index is 14.0. The van der Waals surface area contributed by atoms with Crippen molar-refractivity contribution in [2.75, 3.05) is 5.32 Å². The number of imidazole rings is 1. The van der Waals surface area contributed by atoms with Crippen LogP contribution in [0.4, 0.5) is 10.1 Å². The Morgan fingerprint density at radius 1 is 1.12 bits per heavy atom. The number of rotatable bonds is 6. The van der Waals surface area contributed by atoms with Crippen LogP contribution in [-0.2, 0) is 24.4 Å². The average Bonchev–Trinajstić information content (AvgIpc) is 3.21. The molecule has 8 nitrogen and oxygen atoms in total. The number of nitrogens with one attached hydrogen (secondary N) is 1. The van der Waals surface area contributed by atoms with Gasteiger partial charge in [0.25, 0.3) is 5.56 Å². The van der Waals surface area contributed by atoms with Crippen molar-refractivity contribution in [3.05, 3.63) is 92.1 Å². The second-order valence-corrected chi connectivity index (χ2v) is 7.56. The van der Waals surface area contributed by atoms with Crippen LogP contribution in [0.5, 0.6) is 0 Å². The van der Waals surface area contributed by atoms with E-state index in [0.717, 1.165) is 16.2 Å². The minimum atomic E-state index is -0.724. The molecule has 32 heavy (non-hydrogen) atoms. The number of hydrogen-bond donors (Lipinski definition) is 1. The SMILES string of the molecule is CCn1cnc2c1c(=O)n(CC(=O)Nc1ccc(Cl)cc1F)c(=O)n2Cc1ccccc1. The van der Waals surface area contributed by atoms with Crippen molar-refractivity contribution >= 4 is 34.4 Å². The summed E-state index contributed by atoms with van der Waals surface area (Å²) in [6, 6.07) is 13.0. The van der Waals surface area contributed by atoms with E-state index in [1.54, 1.807) is 4.57 Å². The molecule has 10 heteroatoms. The Labute approximate surface area is 186 Å². The zero-order valence-corrected chi connectivity index (χ0v) is 17.8. The number of carbonyl (C=O) groups excluding carboxylic acids is 1. The molecule has 4 aromatic rings. The Hall–Kier alpha value is -3.72. The fourth-order valence-corrected chi connectivity index (χ4v) is 3.61. The first-order valence-electron chi connectivity index (χ1n) is 9.86. The number of fused-ring (bicyclic) bond motifs is 1. The van der Waals surface area contributed by atoms with Crippen LogP contribution in [0.1, 0.15) is 12.5 Å². The maximum Gasteiger partial charge on any atom is 0.333 e. The number of benzene rings is 2. The molecule has 1 N–H and O–H groups in total. The predicted molar refractivity (Wildman–Crippen MR) is 120 cm³/mol. The van der Waals surface area contributed by atoms with E-state index in [-0.39, 0.29) is 28.4 Å². The Kier molecular flexibility index (Phi) is 5.91. The van der Waals surface area contributed by atoms with Crippen LogP contribution < -0.4 is 16.6 Å². The van der Waals surface area contributed by atoms with Crippen molar-refractivity contribution in [1.29, 1.82) is 0 Å². The molecule has 0 unspecified atom stereocenters. The van der Waals surface area contributed by atoms with E-state index in [9.17, 15) is 18.8 Å². The van der Waals surface area contributed by atoms with Crippen LogP contribution in [0.3, 0.4) is 0 Å². The number of halogens is 2. The number of amides is 1. The van der Waals surface area contributed by atoms with Gasteiger partial charge in [-0.3, -0.25) is 14.2 Å². The Morgan fingerprint density at radius 2 is 1.88 bits per heavy atom. The second-order valence-electron chi connectivity index (χ2n) is 7.12. The van der Waals surface area contributed by atoms with E-state index in [0.29, 0.717) is 6.54 Å². The predicted octanol–water partition coefficient (Wildman–Crippen LogP) is 2.86. The summed E-state index contributed by atoms with van der Waals surface area (Å²) in [4.78, 5) is 43.2. The topological polar surface area (TPSA) is 90.9 Å². The van der Waals surface area contributed by atoms with Gasteiger partial charge in [-0.15, -0.1) is 0 Å². The van der Waals surface area contributed by atoms with E-state index in [4.69, 9.17) is 11.6 Å². The monoisotopic (exact) mass is 455 g/mol. The van der Waals surface area contributed by atoms with Gasteiger partial charge in [-0.05, 0) is 30.7 Å². The highest BCUT2D eigenvalue weighted by molar-refractivity contribution is 6.30. The van der Waals surface area contributed by atoms with Crippen LogP contribution in [0.15, 0.2) is 64.4 Å². The maximum atomic E-state index is 14.0. The standard InChI is InChI=1S/C22H19ClFN5O3/c1-2-27-13-25-20-19(27)21(31)29(22(32)28(20)11-14-6-4-3-5-7-14)12-18(30)26-17-9-8-15(23)10-16(17)24/h3-10,13H,2,11-12H2,1H3,(H,26,30). The highest BCUT2D eigenvalue weighted by atomic mass is 35.5. The lowest BCUT2D eigenvalue weighted by Crippen LogP contribution is -2.43. The Bertz CT molecular complexity index is 1430. The molecule has 4 rings (SSSR count). The molecular formula is C22H19ClFN5O3. The van der Waals surface area contributed by atoms with Gasteiger partial charge in [0.15, 0.2) is 11.2 Å². The van der Waals surface area contributed by atoms with Crippen LogP contribution in [-0.4, -0.2) is 24.6 Å². The lowest BCUT2D eigenvalue weighted by molar-refractivity contribution is -0.116. The number of nitrogens with zero attached hydrogens (tertiary/aromatic N) is 4. The zero-order chi connectivity index (χ0) is 22.8. The first-order valence-corrected chi connectivity index (χ1v) is 10.2. The Balaban J connectivity index is 1.77. The van der Waals surface area contributed by atoms with Crippen LogP contribution in [0.25, 0.3) is 11.2 Å². The summed E-state index contributed by atoms with van der Waals surface area (Å²) in [6.45, 7) is 1.88.